The molecule has 1 amide bonds. The Kier molecular flexibility index (Phi) is 3.85. The van der Waals surface area contributed by atoms with Gasteiger partial charge in [-0.25, -0.2) is 4.68 Å². The van der Waals surface area contributed by atoms with Gasteiger partial charge in [0.05, 0.1) is 6.20 Å². The van der Waals surface area contributed by atoms with Gasteiger partial charge in [-0.15, -0.1) is 5.10 Å². The molecule has 1 aliphatic carbocycles. The van der Waals surface area contributed by atoms with E-state index >= 15 is 0 Å². The predicted octanol–water partition coefficient (Wildman–Crippen LogP) is 1.70. The maximum absolute atomic E-state index is 12.0. The number of nitrogens with zero attached hydrogens (tertiary/aromatic N) is 3. The SMILES string of the molecule is C[C@@H](C(=O)NC1CC1)n1cc(COc2ccccc2)nn1. The van der Waals surface area contributed by atoms with Crippen LogP contribution in [0, 0.1) is 0 Å². The van der Waals surface area contributed by atoms with E-state index in [1.165, 1.54) is 0 Å². The average Bonchev–Trinajstić information content (AvgIpc) is 3.20. The Bertz CT molecular complexity index is 607. The van der Waals surface area contributed by atoms with Gasteiger partial charge in [0.2, 0.25) is 5.91 Å². The summed E-state index contributed by atoms with van der Waals surface area (Å²) in [7, 11) is 0. The first-order chi connectivity index (χ1) is 10.2. The van der Waals surface area contributed by atoms with Crippen LogP contribution < -0.4 is 10.1 Å². The Labute approximate surface area is 123 Å². The van der Waals surface area contributed by atoms with Crippen LogP contribution in [0.1, 0.15) is 31.5 Å². The normalized spacial score (nSPS) is 15.5. The molecular formula is C15H18N4O2. The summed E-state index contributed by atoms with van der Waals surface area (Å²) < 4.78 is 7.17. The second-order valence-corrected chi connectivity index (χ2v) is 5.25. The van der Waals surface area contributed by atoms with Crippen LogP contribution in [0.3, 0.4) is 0 Å². The molecule has 0 unspecified atom stereocenters. The zero-order valence-corrected chi connectivity index (χ0v) is 11.9. The second-order valence-electron chi connectivity index (χ2n) is 5.25. The molecule has 6 heteroatoms. The Morgan fingerprint density at radius 2 is 2.19 bits per heavy atom. The monoisotopic (exact) mass is 286 g/mol. The van der Waals surface area contributed by atoms with Crippen LogP contribution in [0.4, 0.5) is 0 Å². The summed E-state index contributed by atoms with van der Waals surface area (Å²) in [4.78, 5) is 12.0. The van der Waals surface area contributed by atoms with Crippen molar-refractivity contribution in [3.05, 3.63) is 42.2 Å². The number of carbonyl (C=O) groups is 1. The molecule has 0 bridgehead atoms. The van der Waals surface area contributed by atoms with Gasteiger partial charge in [-0.2, -0.15) is 0 Å². The quantitative estimate of drug-likeness (QED) is 0.877. The lowest BCUT2D eigenvalue weighted by Crippen LogP contribution is -2.32. The molecule has 3 rings (SSSR count). The second kappa shape index (κ2) is 5.95. The van der Waals surface area contributed by atoms with Gasteiger partial charge in [0.25, 0.3) is 0 Å². The van der Waals surface area contributed by atoms with Crippen LogP contribution in [0.15, 0.2) is 36.5 Å². The molecule has 1 saturated carbocycles. The highest BCUT2D eigenvalue weighted by Crippen LogP contribution is 2.20. The molecule has 2 aromatic rings. The minimum absolute atomic E-state index is 0.0158. The molecule has 1 N–H and O–H groups in total. The van der Waals surface area contributed by atoms with E-state index < -0.39 is 0 Å². The lowest BCUT2D eigenvalue weighted by Gasteiger charge is -2.10. The molecule has 0 aliphatic heterocycles. The summed E-state index contributed by atoms with van der Waals surface area (Å²) >= 11 is 0. The van der Waals surface area contributed by atoms with Crippen molar-refractivity contribution in [1.29, 1.82) is 0 Å². The number of aromatic nitrogens is 3. The van der Waals surface area contributed by atoms with Gasteiger partial charge in [0.15, 0.2) is 0 Å². The highest BCUT2D eigenvalue weighted by molar-refractivity contribution is 5.80. The first kappa shape index (κ1) is 13.6. The summed E-state index contributed by atoms with van der Waals surface area (Å²) in [5, 5.41) is 11.0. The summed E-state index contributed by atoms with van der Waals surface area (Å²) in [6, 6.07) is 9.52. The van der Waals surface area contributed by atoms with Crippen molar-refractivity contribution >= 4 is 5.91 Å². The highest BCUT2D eigenvalue weighted by Gasteiger charge is 2.26. The summed E-state index contributed by atoms with van der Waals surface area (Å²) in [5.74, 6) is 0.768. The highest BCUT2D eigenvalue weighted by atomic mass is 16.5. The predicted molar refractivity (Wildman–Crippen MR) is 76.7 cm³/mol. The van der Waals surface area contributed by atoms with Crippen LogP contribution in [-0.4, -0.2) is 26.9 Å². The molecule has 1 atom stereocenters. The maximum atomic E-state index is 12.0. The molecule has 6 nitrogen and oxygen atoms in total. The molecule has 1 aromatic heterocycles. The van der Waals surface area contributed by atoms with Crippen molar-refractivity contribution in [3.8, 4) is 5.75 Å². The average molecular weight is 286 g/mol. The van der Waals surface area contributed by atoms with Crippen molar-refractivity contribution in [2.45, 2.75) is 38.5 Å². The molecular weight excluding hydrogens is 268 g/mol. The molecule has 21 heavy (non-hydrogen) atoms. The third-order valence-electron chi connectivity index (χ3n) is 3.39. The van der Waals surface area contributed by atoms with E-state index in [9.17, 15) is 4.79 Å². The van der Waals surface area contributed by atoms with Crippen LogP contribution >= 0.6 is 0 Å². The fourth-order valence-electron chi connectivity index (χ4n) is 1.91. The summed E-state index contributed by atoms with van der Waals surface area (Å²) in [6.45, 7) is 2.15. The smallest absolute Gasteiger partial charge is 0.244 e. The Morgan fingerprint density at radius 1 is 1.43 bits per heavy atom. The van der Waals surface area contributed by atoms with Crippen molar-refractivity contribution in [2.75, 3.05) is 0 Å². The Hall–Kier alpha value is -2.37. The summed E-state index contributed by atoms with van der Waals surface area (Å²) in [6.07, 6.45) is 3.90. The number of hydrogen-bond donors (Lipinski definition) is 1. The standard InChI is InChI=1S/C15H18N4O2/c1-11(15(20)16-12-7-8-12)19-9-13(17-18-19)10-21-14-5-3-2-4-6-14/h2-6,9,11-12H,7-8,10H2,1H3,(H,16,20)/t11-/m0/s1. The zero-order chi connectivity index (χ0) is 14.7. The molecule has 1 fully saturated rings. The van der Waals surface area contributed by atoms with Crippen LogP contribution in [0.25, 0.3) is 0 Å². The van der Waals surface area contributed by atoms with Crippen molar-refractivity contribution in [1.82, 2.24) is 20.3 Å². The third-order valence-corrected chi connectivity index (χ3v) is 3.39. The van der Waals surface area contributed by atoms with Crippen molar-refractivity contribution < 1.29 is 9.53 Å². The zero-order valence-electron chi connectivity index (χ0n) is 11.9. The van der Waals surface area contributed by atoms with Gasteiger partial charge in [-0.3, -0.25) is 4.79 Å². The fourth-order valence-corrected chi connectivity index (χ4v) is 1.91. The largest absolute Gasteiger partial charge is 0.487 e. The molecule has 0 radical (unpaired) electrons. The number of benzene rings is 1. The number of rotatable bonds is 6. The molecule has 1 aromatic carbocycles. The first-order valence-corrected chi connectivity index (χ1v) is 7.11. The van der Waals surface area contributed by atoms with E-state index in [0.29, 0.717) is 18.3 Å². The van der Waals surface area contributed by atoms with E-state index in [1.807, 2.05) is 37.3 Å². The van der Waals surface area contributed by atoms with E-state index in [2.05, 4.69) is 15.6 Å². The number of nitrogens with one attached hydrogen (secondary N) is 1. The van der Waals surface area contributed by atoms with Gasteiger partial charge in [-0.1, -0.05) is 23.4 Å². The maximum Gasteiger partial charge on any atom is 0.244 e. The van der Waals surface area contributed by atoms with E-state index in [-0.39, 0.29) is 11.9 Å². The minimum atomic E-state index is -0.358. The number of hydrogen-bond acceptors (Lipinski definition) is 4. The molecule has 0 spiro atoms. The third kappa shape index (κ3) is 3.59. The van der Waals surface area contributed by atoms with E-state index in [0.717, 1.165) is 18.6 Å². The van der Waals surface area contributed by atoms with Crippen molar-refractivity contribution in [3.63, 3.8) is 0 Å². The van der Waals surface area contributed by atoms with E-state index in [1.54, 1.807) is 10.9 Å². The first-order valence-electron chi connectivity index (χ1n) is 7.11. The molecule has 1 aliphatic rings. The molecule has 110 valence electrons. The van der Waals surface area contributed by atoms with Gasteiger partial charge in [-0.05, 0) is 31.9 Å². The van der Waals surface area contributed by atoms with Crippen LogP contribution in [0.2, 0.25) is 0 Å². The number of para-hydroxylation sites is 1. The number of amides is 1. The van der Waals surface area contributed by atoms with Gasteiger partial charge >= 0.3 is 0 Å². The van der Waals surface area contributed by atoms with Crippen LogP contribution in [-0.2, 0) is 11.4 Å². The lowest BCUT2D eigenvalue weighted by atomic mass is 10.3. The fraction of sp³-hybridized carbons (Fsp3) is 0.400. The summed E-state index contributed by atoms with van der Waals surface area (Å²) in [5.41, 5.74) is 0.699. The number of carbonyl (C=O) groups excluding carboxylic acids is 1. The lowest BCUT2D eigenvalue weighted by molar-refractivity contribution is -0.124. The van der Waals surface area contributed by atoms with Gasteiger partial charge in [0, 0.05) is 6.04 Å². The Balaban J connectivity index is 1.56. The topological polar surface area (TPSA) is 69.0 Å². The van der Waals surface area contributed by atoms with E-state index in [4.69, 9.17) is 4.74 Å². The number of ether oxygens (including phenoxy) is 1. The van der Waals surface area contributed by atoms with Gasteiger partial charge < -0.3 is 10.1 Å². The Morgan fingerprint density at radius 3 is 2.90 bits per heavy atom. The van der Waals surface area contributed by atoms with Gasteiger partial charge in [0.1, 0.15) is 24.1 Å². The molecule has 1 heterocycles. The minimum Gasteiger partial charge on any atom is -0.487 e. The van der Waals surface area contributed by atoms with Crippen molar-refractivity contribution in [2.24, 2.45) is 0 Å². The van der Waals surface area contributed by atoms with Crippen LogP contribution in [0.5, 0.6) is 5.75 Å². The molecule has 0 saturated heterocycles.